The molecule has 2 saturated heterocycles. The molecule has 0 N–H and O–H groups in total. The molecule has 0 aromatic heterocycles. The zero-order valence-electron chi connectivity index (χ0n) is 12.6. The largest absolute Gasteiger partial charge is 0.343 e. The highest BCUT2D eigenvalue weighted by atomic mass is 32.2. The number of hydrogen-bond acceptors (Lipinski definition) is 4. The minimum Gasteiger partial charge on any atom is -0.343 e. The minimum absolute atomic E-state index is 0.0367. The van der Waals surface area contributed by atoms with Crippen molar-refractivity contribution in [3.8, 4) is 0 Å². The van der Waals surface area contributed by atoms with Crippen LogP contribution < -0.4 is 0 Å². The van der Waals surface area contributed by atoms with Gasteiger partial charge in [-0.15, -0.1) is 0 Å². The van der Waals surface area contributed by atoms with Gasteiger partial charge in [0.2, 0.25) is 21.8 Å². The van der Waals surface area contributed by atoms with Gasteiger partial charge in [0.15, 0.2) is 0 Å². The van der Waals surface area contributed by atoms with Crippen molar-refractivity contribution in [2.45, 2.75) is 19.8 Å². The second kappa shape index (κ2) is 6.31. The van der Waals surface area contributed by atoms with Gasteiger partial charge in [-0.1, -0.05) is 0 Å². The Balaban J connectivity index is 1.84. The average Bonchev–Trinajstić information content (AvgIpc) is 2.46. The number of carbonyl (C=O) groups excluding carboxylic acids is 2. The molecular weight excluding hydrogens is 294 g/mol. The number of nitrogens with zero attached hydrogens (tertiary/aromatic N) is 3. The van der Waals surface area contributed by atoms with E-state index in [9.17, 15) is 18.0 Å². The maximum atomic E-state index is 12.4. The number of likely N-dealkylation sites (tertiary alicyclic amines) is 1. The van der Waals surface area contributed by atoms with Crippen LogP contribution >= 0.6 is 0 Å². The summed E-state index contributed by atoms with van der Waals surface area (Å²) >= 11 is 0. The molecule has 0 aromatic carbocycles. The molecular formula is C13H23N3O4S. The van der Waals surface area contributed by atoms with Crippen molar-refractivity contribution in [2.24, 2.45) is 5.92 Å². The summed E-state index contributed by atoms with van der Waals surface area (Å²) in [4.78, 5) is 27.2. The number of hydrogen-bond donors (Lipinski definition) is 0. The molecule has 120 valence electrons. The van der Waals surface area contributed by atoms with E-state index in [-0.39, 0.29) is 17.7 Å². The first-order valence-corrected chi connectivity index (χ1v) is 9.13. The summed E-state index contributed by atoms with van der Waals surface area (Å²) in [5, 5.41) is 0. The lowest BCUT2D eigenvalue weighted by Gasteiger charge is -2.37. The molecule has 0 atom stereocenters. The van der Waals surface area contributed by atoms with E-state index in [1.54, 1.807) is 16.7 Å². The average molecular weight is 317 g/mol. The molecule has 2 fully saturated rings. The van der Waals surface area contributed by atoms with Gasteiger partial charge < -0.3 is 9.80 Å². The lowest BCUT2D eigenvalue weighted by atomic mass is 9.95. The van der Waals surface area contributed by atoms with E-state index in [1.807, 2.05) is 0 Å². The van der Waals surface area contributed by atoms with Crippen molar-refractivity contribution < 1.29 is 18.0 Å². The van der Waals surface area contributed by atoms with Gasteiger partial charge in [-0.2, -0.15) is 4.31 Å². The highest BCUT2D eigenvalue weighted by molar-refractivity contribution is 7.88. The van der Waals surface area contributed by atoms with Crippen LogP contribution in [-0.2, 0) is 19.6 Å². The third-order valence-corrected chi connectivity index (χ3v) is 5.61. The Morgan fingerprint density at radius 2 is 1.43 bits per heavy atom. The number of piperazine rings is 1. The molecule has 2 heterocycles. The maximum Gasteiger partial charge on any atom is 0.225 e. The van der Waals surface area contributed by atoms with Gasteiger partial charge in [-0.25, -0.2) is 8.42 Å². The van der Waals surface area contributed by atoms with Crippen LogP contribution in [0.15, 0.2) is 0 Å². The molecule has 2 aliphatic rings. The number of carbonyl (C=O) groups is 2. The van der Waals surface area contributed by atoms with Crippen LogP contribution in [0.1, 0.15) is 19.8 Å². The molecule has 2 amide bonds. The fourth-order valence-corrected chi connectivity index (χ4v) is 3.77. The second-order valence-electron chi connectivity index (χ2n) is 5.77. The van der Waals surface area contributed by atoms with Gasteiger partial charge in [0.25, 0.3) is 0 Å². The molecule has 8 heteroatoms. The normalized spacial score (nSPS) is 22.4. The van der Waals surface area contributed by atoms with Crippen LogP contribution in [-0.4, -0.2) is 79.9 Å². The van der Waals surface area contributed by atoms with Crippen LogP contribution in [0.4, 0.5) is 0 Å². The minimum atomic E-state index is -3.17. The Labute approximate surface area is 125 Å². The summed E-state index contributed by atoms with van der Waals surface area (Å²) < 4.78 is 24.3. The Bertz CT molecular complexity index is 504. The monoisotopic (exact) mass is 317 g/mol. The summed E-state index contributed by atoms with van der Waals surface area (Å²) in [5.41, 5.74) is 0. The fraction of sp³-hybridized carbons (Fsp3) is 0.846. The molecule has 0 radical (unpaired) electrons. The van der Waals surface area contributed by atoms with Crippen molar-refractivity contribution in [1.29, 1.82) is 0 Å². The molecule has 0 bridgehead atoms. The first-order chi connectivity index (χ1) is 9.79. The first kappa shape index (κ1) is 16.2. The van der Waals surface area contributed by atoms with E-state index >= 15 is 0 Å². The Hall–Kier alpha value is -1.15. The van der Waals surface area contributed by atoms with Crippen molar-refractivity contribution in [3.63, 3.8) is 0 Å². The van der Waals surface area contributed by atoms with Crippen LogP contribution in [0.5, 0.6) is 0 Å². The van der Waals surface area contributed by atoms with Gasteiger partial charge in [-0.05, 0) is 12.8 Å². The maximum absolute atomic E-state index is 12.4. The summed E-state index contributed by atoms with van der Waals surface area (Å²) in [6.45, 7) is 4.47. The molecule has 0 saturated carbocycles. The molecule has 0 aliphatic carbocycles. The standard InChI is InChI=1S/C13H23N3O4S/c1-11(17)14-5-3-12(4-6-14)13(18)15-7-9-16(10-8-15)21(2,19)20/h12H,3-10H2,1-2H3. The number of amides is 2. The molecule has 0 unspecified atom stereocenters. The zero-order chi connectivity index (χ0) is 15.6. The topological polar surface area (TPSA) is 78.0 Å². The summed E-state index contributed by atoms with van der Waals surface area (Å²) in [6, 6.07) is 0. The quantitative estimate of drug-likeness (QED) is 0.678. The fourth-order valence-electron chi connectivity index (χ4n) is 2.94. The van der Waals surface area contributed by atoms with Crippen molar-refractivity contribution >= 4 is 21.8 Å². The van der Waals surface area contributed by atoms with Crippen molar-refractivity contribution in [2.75, 3.05) is 45.5 Å². The van der Waals surface area contributed by atoms with Crippen LogP contribution in [0, 0.1) is 5.92 Å². The van der Waals surface area contributed by atoms with E-state index in [0.29, 0.717) is 52.1 Å². The molecule has 0 aromatic rings. The number of piperidine rings is 1. The van der Waals surface area contributed by atoms with Crippen LogP contribution in [0.25, 0.3) is 0 Å². The highest BCUT2D eigenvalue weighted by Gasteiger charge is 2.32. The third kappa shape index (κ3) is 3.94. The van der Waals surface area contributed by atoms with Crippen molar-refractivity contribution in [3.05, 3.63) is 0 Å². The van der Waals surface area contributed by atoms with E-state index < -0.39 is 10.0 Å². The predicted octanol–water partition coefficient (Wildman–Crippen LogP) is -0.651. The molecule has 2 rings (SSSR count). The summed E-state index contributed by atoms with van der Waals surface area (Å²) in [7, 11) is -3.17. The first-order valence-electron chi connectivity index (χ1n) is 7.28. The van der Waals surface area contributed by atoms with E-state index in [2.05, 4.69) is 0 Å². The highest BCUT2D eigenvalue weighted by Crippen LogP contribution is 2.20. The summed E-state index contributed by atoms with van der Waals surface area (Å²) in [6.07, 6.45) is 2.59. The number of sulfonamides is 1. The van der Waals surface area contributed by atoms with Gasteiger partial charge in [0.1, 0.15) is 0 Å². The van der Waals surface area contributed by atoms with Gasteiger partial charge in [0, 0.05) is 52.1 Å². The second-order valence-corrected chi connectivity index (χ2v) is 7.75. The van der Waals surface area contributed by atoms with Crippen LogP contribution in [0.3, 0.4) is 0 Å². The molecule has 7 nitrogen and oxygen atoms in total. The number of rotatable bonds is 2. The molecule has 0 spiro atoms. The lowest BCUT2D eigenvalue weighted by Crippen LogP contribution is -2.52. The van der Waals surface area contributed by atoms with Crippen LogP contribution in [0.2, 0.25) is 0 Å². The third-order valence-electron chi connectivity index (χ3n) is 4.31. The predicted molar refractivity (Wildman–Crippen MR) is 78.0 cm³/mol. The Morgan fingerprint density at radius 3 is 1.86 bits per heavy atom. The molecule has 21 heavy (non-hydrogen) atoms. The zero-order valence-corrected chi connectivity index (χ0v) is 13.4. The lowest BCUT2D eigenvalue weighted by molar-refractivity contribution is -0.141. The SMILES string of the molecule is CC(=O)N1CCC(C(=O)N2CCN(S(C)(=O)=O)CC2)CC1. The van der Waals surface area contributed by atoms with E-state index in [1.165, 1.54) is 10.6 Å². The Morgan fingerprint density at radius 1 is 0.905 bits per heavy atom. The van der Waals surface area contributed by atoms with E-state index in [0.717, 1.165) is 0 Å². The Kier molecular flexibility index (Phi) is 4.88. The van der Waals surface area contributed by atoms with Gasteiger partial charge in [0.05, 0.1) is 6.26 Å². The van der Waals surface area contributed by atoms with E-state index in [4.69, 9.17) is 0 Å². The summed E-state index contributed by atoms with van der Waals surface area (Å²) in [5.74, 6) is 0.124. The molecule has 2 aliphatic heterocycles. The van der Waals surface area contributed by atoms with Gasteiger partial charge in [-0.3, -0.25) is 9.59 Å². The van der Waals surface area contributed by atoms with Crippen molar-refractivity contribution in [1.82, 2.24) is 14.1 Å². The van der Waals surface area contributed by atoms with Gasteiger partial charge >= 0.3 is 0 Å². The smallest absolute Gasteiger partial charge is 0.225 e.